The van der Waals surface area contributed by atoms with Crippen molar-refractivity contribution in [1.29, 1.82) is 0 Å². The molecular weight excluding hydrogens is 308 g/mol. The van der Waals surface area contributed by atoms with Crippen molar-refractivity contribution in [3.63, 3.8) is 0 Å². The standard InChI is InChI=1S/C22H22N2O/c1-15-7-16(2)10-19(9-15)23-13-21-5-6-22(25-21)14-24-20-11-17(3)8-18(4)12-20/h5-14H,1-4H3. The summed E-state index contributed by atoms with van der Waals surface area (Å²) in [4.78, 5) is 8.98. The third-order valence-electron chi connectivity index (χ3n) is 3.74. The number of aryl methyl sites for hydroxylation is 4. The lowest BCUT2D eigenvalue weighted by Gasteiger charge is -1.99. The summed E-state index contributed by atoms with van der Waals surface area (Å²) in [5.41, 5.74) is 6.67. The Kier molecular flexibility index (Phi) is 4.94. The second-order valence-corrected chi connectivity index (χ2v) is 6.45. The normalized spacial score (nSPS) is 11.7. The largest absolute Gasteiger partial charge is 0.454 e. The van der Waals surface area contributed by atoms with Crippen LogP contribution in [-0.4, -0.2) is 12.4 Å². The predicted molar refractivity (Wildman–Crippen MR) is 105 cm³/mol. The fourth-order valence-corrected chi connectivity index (χ4v) is 2.83. The summed E-state index contributed by atoms with van der Waals surface area (Å²) < 4.78 is 5.75. The van der Waals surface area contributed by atoms with Crippen molar-refractivity contribution in [2.24, 2.45) is 9.98 Å². The maximum Gasteiger partial charge on any atom is 0.145 e. The van der Waals surface area contributed by atoms with Crippen LogP contribution in [-0.2, 0) is 0 Å². The Morgan fingerprint density at radius 1 is 0.600 bits per heavy atom. The van der Waals surface area contributed by atoms with Crippen molar-refractivity contribution in [3.05, 3.63) is 82.3 Å². The van der Waals surface area contributed by atoms with E-state index in [0.29, 0.717) is 11.5 Å². The number of hydrogen-bond acceptors (Lipinski definition) is 3. The second-order valence-electron chi connectivity index (χ2n) is 6.45. The summed E-state index contributed by atoms with van der Waals surface area (Å²) in [6, 6.07) is 16.3. The average Bonchev–Trinajstić information content (AvgIpc) is 2.97. The van der Waals surface area contributed by atoms with E-state index in [2.05, 4.69) is 74.1 Å². The van der Waals surface area contributed by atoms with Crippen LogP contribution in [0.25, 0.3) is 0 Å². The molecule has 0 amide bonds. The maximum absolute atomic E-state index is 5.75. The van der Waals surface area contributed by atoms with Crippen molar-refractivity contribution >= 4 is 23.8 Å². The van der Waals surface area contributed by atoms with Crippen LogP contribution in [0.2, 0.25) is 0 Å². The molecule has 0 saturated carbocycles. The molecule has 0 aliphatic heterocycles. The topological polar surface area (TPSA) is 37.9 Å². The van der Waals surface area contributed by atoms with Crippen LogP contribution >= 0.6 is 0 Å². The molecule has 1 heterocycles. The summed E-state index contributed by atoms with van der Waals surface area (Å²) in [6.07, 6.45) is 3.48. The van der Waals surface area contributed by atoms with Gasteiger partial charge in [0, 0.05) is 0 Å². The Bertz CT molecular complexity index is 832. The van der Waals surface area contributed by atoms with Gasteiger partial charge in [-0.1, -0.05) is 12.1 Å². The first-order valence-electron chi connectivity index (χ1n) is 8.32. The SMILES string of the molecule is Cc1cc(C)cc(N=Cc2ccc(C=Nc3cc(C)cc(C)c3)o2)c1. The van der Waals surface area contributed by atoms with E-state index in [1.165, 1.54) is 22.3 Å². The molecule has 0 bridgehead atoms. The number of nitrogens with zero attached hydrogens (tertiary/aromatic N) is 2. The summed E-state index contributed by atoms with van der Waals surface area (Å²) in [5.74, 6) is 1.42. The Balaban J connectivity index is 1.73. The molecule has 0 unspecified atom stereocenters. The van der Waals surface area contributed by atoms with Crippen LogP contribution in [0.5, 0.6) is 0 Å². The first kappa shape index (κ1) is 16.9. The number of rotatable bonds is 4. The van der Waals surface area contributed by atoms with Crippen LogP contribution in [0.4, 0.5) is 11.4 Å². The highest BCUT2D eigenvalue weighted by atomic mass is 16.3. The van der Waals surface area contributed by atoms with Crippen molar-refractivity contribution in [3.8, 4) is 0 Å². The number of benzene rings is 2. The zero-order chi connectivity index (χ0) is 17.8. The molecule has 0 N–H and O–H groups in total. The highest BCUT2D eigenvalue weighted by molar-refractivity contribution is 5.83. The molecule has 0 atom stereocenters. The monoisotopic (exact) mass is 330 g/mol. The van der Waals surface area contributed by atoms with E-state index in [4.69, 9.17) is 4.42 Å². The maximum atomic E-state index is 5.75. The molecule has 0 saturated heterocycles. The van der Waals surface area contributed by atoms with Gasteiger partial charge in [0.2, 0.25) is 0 Å². The highest BCUT2D eigenvalue weighted by Gasteiger charge is 1.99. The molecule has 126 valence electrons. The van der Waals surface area contributed by atoms with Crippen molar-refractivity contribution < 1.29 is 4.42 Å². The van der Waals surface area contributed by atoms with Crippen LogP contribution < -0.4 is 0 Å². The van der Waals surface area contributed by atoms with E-state index in [0.717, 1.165) is 11.4 Å². The fraction of sp³-hybridized carbons (Fsp3) is 0.182. The first-order valence-corrected chi connectivity index (χ1v) is 8.32. The van der Waals surface area contributed by atoms with E-state index >= 15 is 0 Å². The summed E-state index contributed by atoms with van der Waals surface area (Å²) >= 11 is 0. The molecule has 2 aromatic carbocycles. The van der Waals surface area contributed by atoms with Crippen LogP contribution in [0.15, 0.2) is 62.9 Å². The molecular formula is C22H22N2O. The van der Waals surface area contributed by atoms with Crippen molar-refractivity contribution in [1.82, 2.24) is 0 Å². The van der Waals surface area contributed by atoms with Crippen LogP contribution in [0.3, 0.4) is 0 Å². The molecule has 0 aliphatic carbocycles. The molecule has 25 heavy (non-hydrogen) atoms. The number of aliphatic imine (C=N–C) groups is 2. The van der Waals surface area contributed by atoms with Gasteiger partial charge in [-0.25, -0.2) is 0 Å². The van der Waals surface area contributed by atoms with Gasteiger partial charge in [-0.15, -0.1) is 0 Å². The van der Waals surface area contributed by atoms with Gasteiger partial charge in [0.05, 0.1) is 23.8 Å². The lowest BCUT2D eigenvalue weighted by molar-refractivity contribution is 0.553. The van der Waals surface area contributed by atoms with E-state index < -0.39 is 0 Å². The molecule has 0 radical (unpaired) electrons. The fourth-order valence-electron chi connectivity index (χ4n) is 2.83. The summed E-state index contributed by atoms with van der Waals surface area (Å²) in [6.45, 7) is 8.28. The van der Waals surface area contributed by atoms with Gasteiger partial charge in [0.25, 0.3) is 0 Å². The second kappa shape index (κ2) is 7.31. The Hall–Kier alpha value is -2.94. The van der Waals surface area contributed by atoms with Gasteiger partial charge in [0.1, 0.15) is 11.5 Å². The molecule has 0 spiro atoms. The number of hydrogen-bond donors (Lipinski definition) is 0. The third kappa shape index (κ3) is 4.77. The lowest BCUT2D eigenvalue weighted by Crippen LogP contribution is -1.80. The van der Waals surface area contributed by atoms with Gasteiger partial charge in [-0.2, -0.15) is 0 Å². The van der Waals surface area contributed by atoms with Crippen LogP contribution in [0, 0.1) is 27.7 Å². The molecule has 3 nitrogen and oxygen atoms in total. The third-order valence-corrected chi connectivity index (χ3v) is 3.74. The molecule has 3 rings (SSSR count). The smallest absolute Gasteiger partial charge is 0.145 e. The minimum Gasteiger partial charge on any atom is -0.454 e. The van der Waals surface area contributed by atoms with Crippen molar-refractivity contribution in [2.45, 2.75) is 27.7 Å². The molecule has 3 heteroatoms. The van der Waals surface area contributed by atoms with Gasteiger partial charge in [0.15, 0.2) is 0 Å². The van der Waals surface area contributed by atoms with Gasteiger partial charge >= 0.3 is 0 Å². The molecule has 0 fully saturated rings. The highest BCUT2D eigenvalue weighted by Crippen LogP contribution is 2.18. The van der Waals surface area contributed by atoms with E-state index in [1.807, 2.05) is 12.1 Å². The van der Waals surface area contributed by atoms with E-state index in [1.54, 1.807) is 12.4 Å². The van der Waals surface area contributed by atoms with E-state index in [9.17, 15) is 0 Å². The summed E-state index contributed by atoms with van der Waals surface area (Å²) in [7, 11) is 0. The zero-order valence-electron chi connectivity index (χ0n) is 15.1. The minimum atomic E-state index is 0.709. The average molecular weight is 330 g/mol. The van der Waals surface area contributed by atoms with Crippen LogP contribution in [0.1, 0.15) is 33.8 Å². The quantitative estimate of drug-likeness (QED) is 0.539. The molecule has 0 aliphatic rings. The zero-order valence-corrected chi connectivity index (χ0v) is 15.1. The Morgan fingerprint density at radius 2 is 0.960 bits per heavy atom. The van der Waals surface area contributed by atoms with Gasteiger partial charge < -0.3 is 4.42 Å². The summed E-state index contributed by atoms with van der Waals surface area (Å²) in [5, 5.41) is 0. The Labute approximate surface area is 148 Å². The molecule has 1 aromatic heterocycles. The van der Waals surface area contributed by atoms with Gasteiger partial charge in [-0.3, -0.25) is 9.98 Å². The lowest BCUT2D eigenvalue weighted by atomic mass is 10.1. The number of furan rings is 1. The first-order chi connectivity index (χ1) is 12.0. The van der Waals surface area contributed by atoms with Crippen molar-refractivity contribution in [2.75, 3.05) is 0 Å². The minimum absolute atomic E-state index is 0.709. The predicted octanol–water partition coefficient (Wildman–Crippen LogP) is 6.01. The van der Waals surface area contributed by atoms with E-state index in [-0.39, 0.29) is 0 Å². The Morgan fingerprint density at radius 3 is 1.32 bits per heavy atom. The molecule has 3 aromatic rings. The van der Waals surface area contributed by atoms with Gasteiger partial charge in [-0.05, 0) is 86.3 Å².